The highest BCUT2D eigenvalue weighted by Gasteiger charge is 2.21. The summed E-state index contributed by atoms with van der Waals surface area (Å²) in [4.78, 5) is 2.54. The van der Waals surface area contributed by atoms with E-state index in [4.69, 9.17) is 0 Å². The monoisotopic (exact) mass is 369 g/mol. The molecule has 0 atom stereocenters. The van der Waals surface area contributed by atoms with Gasteiger partial charge in [0.05, 0.1) is 16.8 Å². The lowest BCUT2D eigenvalue weighted by Crippen LogP contribution is -2.34. The first-order valence-electron chi connectivity index (χ1n) is 6.76. The van der Waals surface area contributed by atoms with Crippen LogP contribution in [-0.2, 0) is 22.8 Å². The molecule has 0 unspecified atom stereocenters. The maximum absolute atomic E-state index is 12.3. The standard InChI is InChI=1S/C14H16BrN3O2S/c15-12-1-3-13(4-2-12)21(19,20)8-7-18-6-5-14-11(10-18)9-16-17-14/h1-4,9H,5-8,10H2,(H,16,17). The zero-order valence-electron chi connectivity index (χ0n) is 11.4. The first-order chi connectivity index (χ1) is 10.0. The van der Waals surface area contributed by atoms with Gasteiger partial charge in [0.25, 0.3) is 0 Å². The van der Waals surface area contributed by atoms with Gasteiger partial charge in [0.15, 0.2) is 9.84 Å². The van der Waals surface area contributed by atoms with E-state index in [0.717, 1.165) is 24.0 Å². The third-order valence-electron chi connectivity index (χ3n) is 3.73. The van der Waals surface area contributed by atoms with Gasteiger partial charge >= 0.3 is 0 Å². The number of nitrogens with zero attached hydrogens (tertiary/aromatic N) is 2. The molecule has 1 aliphatic heterocycles. The highest BCUT2D eigenvalue weighted by molar-refractivity contribution is 9.10. The molecule has 7 heteroatoms. The minimum absolute atomic E-state index is 0.141. The van der Waals surface area contributed by atoms with Crippen molar-refractivity contribution in [1.29, 1.82) is 0 Å². The van der Waals surface area contributed by atoms with Crippen LogP contribution in [0.4, 0.5) is 0 Å². The first-order valence-corrected chi connectivity index (χ1v) is 9.21. The Morgan fingerprint density at radius 1 is 1.29 bits per heavy atom. The van der Waals surface area contributed by atoms with E-state index >= 15 is 0 Å². The van der Waals surface area contributed by atoms with Crippen LogP contribution in [0.3, 0.4) is 0 Å². The summed E-state index contributed by atoms with van der Waals surface area (Å²) in [5.74, 6) is 0.141. The summed E-state index contributed by atoms with van der Waals surface area (Å²) >= 11 is 3.31. The van der Waals surface area contributed by atoms with Crippen molar-refractivity contribution in [3.05, 3.63) is 46.2 Å². The van der Waals surface area contributed by atoms with Crippen molar-refractivity contribution in [3.8, 4) is 0 Å². The molecular weight excluding hydrogens is 354 g/mol. The number of benzene rings is 1. The van der Waals surface area contributed by atoms with Gasteiger partial charge in [-0.2, -0.15) is 5.10 Å². The maximum atomic E-state index is 12.3. The van der Waals surface area contributed by atoms with Gasteiger partial charge in [-0.05, 0) is 24.3 Å². The molecule has 1 aliphatic rings. The second kappa shape index (κ2) is 5.90. The predicted molar refractivity (Wildman–Crippen MR) is 83.8 cm³/mol. The summed E-state index contributed by atoms with van der Waals surface area (Å²) in [5, 5.41) is 7.01. The van der Waals surface area contributed by atoms with E-state index in [1.54, 1.807) is 24.3 Å². The van der Waals surface area contributed by atoms with E-state index in [0.29, 0.717) is 11.4 Å². The lowest BCUT2D eigenvalue weighted by atomic mass is 10.1. The van der Waals surface area contributed by atoms with Crippen molar-refractivity contribution in [1.82, 2.24) is 15.1 Å². The Hall–Kier alpha value is -1.18. The number of hydrogen-bond acceptors (Lipinski definition) is 4. The van der Waals surface area contributed by atoms with Gasteiger partial charge in [0.1, 0.15) is 0 Å². The molecule has 0 radical (unpaired) electrons. The van der Waals surface area contributed by atoms with Crippen LogP contribution in [0.15, 0.2) is 39.8 Å². The topological polar surface area (TPSA) is 66.1 Å². The number of H-pyrrole nitrogens is 1. The molecule has 1 aromatic carbocycles. The van der Waals surface area contributed by atoms with Gasteiger partial charge in [-0.3, -0.25) is 10.00 Å². The number of fused-ring (bicyclic) bond motifs is 1. The van der Waals surface area contributed by atoms with Crippen LogP contribution in [-0.4, -0.2) is 42.4 Å². The number of nitrogens with one attached hydrogen (secondary N) is 1. The van der Waals surface area contributed by atoms with Crippen molar-refractivity contribution < 1.29 is 8.42 Å². The number of aromatic nitrogens is 2. The fourth-order valence-corrected chi connectivity index (χ4v) is 4.03. The summed E-state index contributed by atoms with van der Waals surface area (Å²) in [6, 6.07) is 6.80. The van der Waals surface area contributed by atoms with Crippen LogP contribution in [0.5, 0.6) is 0 Å². The van der Waals surface area contributed by atoms with E-state index in [1.807, 2.05) is 6.20 Å². The Bertz CT molecular complexity index is 725. The molecule has 1 aromatic heterocycles. The van der Waals surface area contributed by atoms with Gasteiger partial charge in [-0.25, -0.2) is 8.42 Å². The van der Waals surface area contributed by atoms with Crippen molar-refractivity contribution in [2.24, 2.45) is 0 Å². The molecule has 0 aliphatic carbocycles. The second-order valence-corrected chi connectivity index (χ2v) is 8.20. The average molecular weight is 370 g/mol. The molecule has 0 saturated heterocycles. The van der Waals surface area contributed by atoms with Crippen molar-refractivity contribution >= 4 is 25.8 Å². The number of halogens is 1. The summed E-state index contributed by atoms with van der Waals surface area (Å²) < 4.78 is 25.5. The Morgan fingerprint density at radius 2 is 2.05 bits per heavy atom. The summed E-state index contributed by atoms with van der Waals surface area (Å²) in [6.45, 7) is 2.18. The molecule has 0 amide bonds. The minimum atomic E-state index is -3.23. The van der Waals surface area contributed by atoms with Crippen LogP contribution in [0.25, 0.3) is 0 Å². The third kappa shape index (κ3) is 3.36. The Balaban J connectivity index is 1.64. The Kier molecular flexibility index (Phi) is 4.14. The molecule has 112 valence electrons. The van der Waals surface area contributed by atoms with Crippen molar-refractivity contribution in [3.63, 3.8) is 0 Å². The first kappa shape index (κ1) is 14.7. The molecule has 5 nitrogen and oxygen atoms in total. The van der Waals surface area contributed by atoms with Crippen molar-refractivity contribution in [2.75, 3.05) is 18.8 Å². The van der Waals surface area contributed by atoms with Gasteiger partial charge in [0.2, 0.25) is 0 Å². The summed E-state index contributed by atoms with van der Waals surface area (Å²) in [5.41, 5.74) is 2.34. The van der Waals surface area contributed by atoms with Gasteiger partial charge in [-0.1, -0.05) is 15.9 Å². The number of hydrogen-bond donors (Lipinski definition) is 1. The van der Waals surface area contributed by atoms with Crippen LogP contribution in [0.2, 0.25) is 0 Å². The van der Waals surface area contributed by atoms with Crippen LogP contribution in [0.1, 0.15) is 11.3 Å². The van der Waals surface area contributed by atoms with Crippen LogP contribution >= 0.6 is 15.9 Å². The smallest absolute Gasteiger partial charge is 0.179 e. The molecule has 2 aromatic rings. The van der Waals surface area contributed by atoms with Crippen LogP contribution in [0, 0.1) is 0 Å². The van der Waals surface area contributed by atoms with Crippen LogP contribution < -0.4 is 0 Å². The van der Waals surface area contributed by atoms with Gasteiger partial charge in [-0.15, -0.1) is 0 Å². The number of aromatic amines is 1. The Labute approximate surface area is 132 Å². The van der Waals surface area contributed by atoms with Gasteiger partial charge < -0.3 is 0 Å². The second-order valence-electron chi connectivity index (χ2n) is 5.17. The normalized spacial score (nSPS) is 15.9. The number of rotatable bonds is 4. The van der Waals surface area contributed by atoms with Gasteiger partial charge in [0, 0.05) is 41.8 Å². The largest absolute Gasteiger partial charge is 0.298 e. The molecule has 0 saturated carbocycles. The molecule has 21 heavy (non-hydrogen) atoms. The lowest BCUT2D eigenvalue weighted by Gasteiger charge is -2.26. The fourth-order valence-electron chi connectivity index (χ4n) is 2.48. The third-order valence-corrected chi connectivity index (χ3v) is 5.97. The Morgan fingerprint density at radius 3 is 2.81 bits per heavy atom. The SMILES string of the molecule is O=S(=O)(CCN1CCc2[nH]ncc2C1)c1ccc(Br)cc1. The van der Waals surface area contributed by atoms with E-state index in [-0.39, 0.29) is 5.75 Å². The zero-order chi connectivity index (χ0) is 14.9. The highest BCUT2D eigenvalue weighted by Crippen LogP contribution is 2.18. The average Bonchev–Trinajstić information content (AvgIpc) is 2.93. The number of sulfone groups is 1. The molecule has 0 spiro atoms. The molecule has 0 fully saturated rings. The van der Waals surface area contributed by atoms with E-state index in [9.17, 15) is 8.42 Å². The quantitative estimate of drug-likeness (QED) is 0.894. The molecule has 1 N–H and O–H groups in total. The van der Waals surface area contributed by atoms with E-state index in [1.165, 1.54) is 11.3 Å². The minimum Gasteiger partial charge on any atom is -0.298 e. The summed E-state index contributed by atoms with van der Waals surface area (Å²) in [6.07, 6.45) is 2.72. The lowest BCUT2D eigenvalue weighted by molar-refractivity contribution is 0.268. The van der Waals surface area contributed by atoms with Crippen molar-refractivity contribution in [2.45, 2.75) is 17.9 Å². The van der Waals surface area contributed by atoms with E-state index in [2.05, 4.69) is 31.0 Å². The highest BCUT2D eigenvalue weighted by atomic mass is 79.9. The molecule has 0 bridgehead atoms. The molecule has 2 heterocycles. The maximum Gasteiger partial charge on any atom is 0.179 e. The summed E-state index contributed by atoms with van der Waals surface area (Å²) in [7, 11) is -3.23. The molecule has 3 rings (SSSR count). The van der Waals surface area contributed by atoms with E-state index < -0.39 is 9.84 Å². The zero-order valence-corrected chi connectivity index (χ0v) is 13.8. The predicted octanol–water partition coefficient (Wildman–Crippen LogP) is 2.00. The fraction of sp³-hybridized carbons (Fsp3) is 0.357. The molecular formula is C14H16BrN3O2S.